The third-order valence-corrected chi connectivity index (χ3v) is 5.14. The summed E-state index contributed by atoms with van der Waals surface area (Å²) in [5.41, 5.74) is -0.00918. The summed E-state index contributed by atoms with van der Waals surface area (Å²) in [5, 5.41) is 9.85. The zero-order chi connectivity index (χ0) is 11.9. The smallest absolute Gasteiger partial charge is 0.256 e. The second-order valence-electron chi connectivity index (χ2n) is 3.98. The van der Waals surface area contributed by atoms with E-state index in [9.17, 15) is 9.90 Å². The van der Waals surface area contributed by atoms with Crippen LogP contribution in [-0.2, 0) is 0 Å². The van der Waals surface area contributed by atoms with Crippen molar-refractivity contribution in [2.75, 3.05) is 13.1 Å². The highest BCUT2D eigenvalue weighted by molar-refractivity contribution is 9.12. The number of hydrogen-bond acceptors (Lipinski definition) is 3. The number of thiophene rings is 1. The standard InChI is InChI=1S/C10H11Br2NO2S/c1-2-10(15)4-13(5-10)9(14)6-3-7(11)16-8(6)12/h3,15H,2,4-5H2,1H3. The Labute approximate surface area is 115 Å². The highest BCUT2D eigenvalue weighted by Crippen LogP contribution is 2.34. The second-order valence-corrected chi connectivity index (χ2v) is 7.73. The van der Waals surface area contributed by atoms with E-state index in [1.807, 2.05) is 6.92 Å². The van der Waals surface area contributed by atoms with E-state index in [-0.39, 0.29) is 5.91 Å². The van der Waals surface area contributed by atoms with Gasteiger partial charge in [0.05, 0.1) is 31.8 Å². The van der Waals surface area contributed by atoms with Crippen molar-refractivity contribution < 1.29 is 9.90 Å². The first kappa shape index (κ1) is 12.5. The first-order valence-electron chi connectivity index (χ1n) is 4.92. The summed E-state index contributed by atoms with van der Waals surface area (Å²) in [4.78, 5) is 13.7. The van der Waals surface area contributed by atoms with Gasteiger partial charge in [0, 0.05) is 0 Å². The summed E-state index contributed by atoms with van der Waals surface area (Å²) >= 11 is 8.19. The fourth-order valence-electron chi connectivity index (χ4n) is 1.69. The van der Waals surface area contributed by atoms with Gasteiger partial charge in [-0.3, -0.25) is 4.79 Å². The van der Waals surface area contributed by atoms with Crippen molar-refractivity contribution in [2.24, 2.45) is 0 Å². The van der Waals surface area contributed by atoms with Crippen LogP contribution in [0.5, 0.6) is 0 Å². The maximum atomic E-state index is 12.0. The molecule has 6 heteroatoms. The zero-order valence-corrected chi connectivity index (χ0v) is 12.7. The van der Waals surface area contributed by atoms with Gasteiger partial charge >= 0.3 is 0 Å². The van der Waals surface area contributed by atoms with E-state index in [2.05, 4.69) is 31.9 Å². The molecule has 0 radical (unpaired) electrons. The van der Waals surface area contributed by atoms with E-state index < -0.39 is 5.60 Å². The van der Waals surface area contributed by atoms with Crippen molar-refractivity contribution in [3.63, 3.8) is 0 Å². The van der Waals surface area contributed by atoms with Crippen molar-refractivity contribution in [2.45, 2.75) is 18.9 Å². The molecule has 0 unspecified atom stereocenters. The van der Waals surface area contributed by atoms with Crippen LogP contribution in [0.25, 0.3) is 0 Å². The number of halogens is 2. The molecule has 1 saturated heterocycles. The number of carbonyl (C=O) groups is 1. The summed E-state index contributed by atoms with van der Waals surface area (Å²) in [6.45, 7) is 2.80. The molecule has 1 fully saturated rings. The molecule has 1 aromatic rings. The number of carbonyl (C=O) groups excluding carboxylic acids is 1. The van der Waals surface area contributed by atoms with Gasteiger partial charge in [-0.25, -0.2) is 0 Å². The Kier molecular flexibility index (Phi) is 3.45. The predicted octanol–water partition coefficient (Wildman–Crippen LogP) is 2.87. The molecule has 0 spiro atoms. The van der Waals surface area contributed by atoms with Crippen LogP contribution in [0.3, 0.4) is 0 Å². The fraction of sp³-hybridized carbons (Fsp3) is 0.500. The molecule has 2 heterocycles. The lowest BCUT2D eigenvalue weighted by Crippen LogP contribution is -2.63. The molecule has 0 aromatic carbocycles. The van der Waals surface area contributed by atoms with Crippen molar-refractivity contribution in [3.8, 4) is 0 Å². The van der Waals surface area contributed by atoms with Gasteiger partial charge in [-0.2, -0.15) is 0 Å². The van der Waals surface area contributed by atoms with Crippen LogP contribution in [0.2, 0.25) is 0 Å². The summed E-state index contributed by atoms with van der Waals surface area (Å²) in [6.07, 6.45) is 0.686. The number of β-amino-alcohol motifs (C(OH)–C–C–N with tert-alkyl or cyclic N) is 1. The van der Waals surface area contributed by atoms with Crippen molar-refractivity contribution in [1.82, 2.24) is 4.90 Å². The van der Waals surface area contributed by atoms with Gasteiger partial charge in [-0.1, -0.05) is 6.92 Å². The molecule has 0 bridgehead atoms. The van der Waals surface area contributed by atoms with Gasteiger partial charge in [0.1, 0.15) is 0 Å². The van der Waals surface area contributed by atoms with Gasteiger partial charge in [0.15, 0.2) is 0 Å². The number of nitrogens with zero attached hydrogens (tertiary/aromatic N) is 1. The molecule has 88 valence electrons. The Morgan fingerprint density at radius 1 is 1.62 bits per heavy atom. The van der Waals surface area contributed by atoms with Crippen LogP contribution in [0, 0.1) is 0 Å². The van der Waals surface area contributed by atoms with Crippen molar-refractivity contribution in [1.29, 1.82) is 0 Å². The number of rotatable bonds is 2. The molecule has 1 aliphatic heterocycles. The van der Waals surface area contributed by atoms with Crippen LogP contribution in [0.15, 0.2) is 13.6 Å². The molecule has 1 aliphatic rings. The van der Waals surface area contributed by atoms with Crippen LogP contribution in [0.1, 0.15) is 23.7 Å². The molecular weight excluding hydrogens is 358 g/mol. The van der Waals surface area contributed by atoms with Gasteiger partial charge < -0.3 is 10.0 Å². The Hall–Kier alpha value is 0.0900. The number of likely N-dealkylation sites (tertiary alicyclic amines) is 1. The Morgan fingerprint density at radius 2 is 2.25 bits per heavy atom. The third kappa shape index (κ3) is 2.20. The van der Waals surface area contributed by atoms with E-state index >= 15 is 0 Å². The second kappa shape index (κ2) is 4.40. The van der Waals surface area contributed by atoms with Gasteiger partial charge in [-0.15, -0.1) is 11.3 Å². The maximum Gasteiger partial charge on any atom is 0.256 e. The number of aliphatic hydroxyl groups is 1. The monoisotopic (exact) mass is 367 g/mol. The van der Waals surface area contributed by atoms with Crippen molar-refractivity contribution >= 4 is 49.1 Å². The summed E-state index contributed by atoms with van der Waals surface area (Å²) < 4.78 is 1.75. The number of hydrogen-bond donors (Lipinski definition) is 1. The van der Waals surface area contributed by atoms with Gasteiger partial charge in [0.2, 0.25) is 0 Å². The van der Waals surface area contributed by atoms with E-state index in [0.717, 1.165) is 7.57 Å². The topological polar surface area (TPSA) is 40.5 Å². The lowest BCUT2D eigenvalue weighted by molar-refractivity contribution is -0.0826. The lowest BCUT2D eigenvalue weighted by Gasteiger charge is -2.46. The summed E-state index contributed by atoms with van der Waals surface area (Å²) in [6, 6.07) is 1.81. The summed E-state index contributed by atoms with van der Waals surface area (Å²) in [7, 11) is 0. The molecule has 3 nitrogen and oxygen atoms in total. The predicted molar refractivity (Wildman–Crippen MR) is 70.9 cm³/mol. The van der Waals surface area contributed by atoms with Crippen LogP contribution < -0.4 is 0 Å². The normalized spacial score (nSPS) is 18.4. The lowest BCUT2D eigenvalue weighted by atomic mass is 9.91. The first-order valence-corrected chi connectivity index (χ1v) is 7.32. The molecule has 1 N–H and O–H groups in total. The van der Waals surface area contributed by atoms with Gasteiger partial charge in [-0.05, 0) is 44.3 Å². The fourth-order valence-corrected chi connectivity index (χ4v) is 4.47. The van der Waals surface area contributed by atoms with Gasteiger partial charge in [0.25, 0.3) is 5.91 Å². The zero-order valence-electron chi connectivity index (χ0n) is 8.67. The molecule has 16 heavy (non-hydrogen) atoms. The average Bonchev–Trinajstić information content (AvgIpc) is 2.52. The average molecular weight is 369 g/mol. The highest BCUT2D eigenvalue weighted by Gasteiger charge is 2.42. The molecule has 1 aromatic heterocycles. The third-order valence-electron chi connectivity index (χ3n) is 2.80. The SMILES string of the molecule is CCC1(O)CN(C(=O)c2cc(Br)sc2Br)C1. The van der Waals surface area contributed by atoms with Crippen LogP contribution in [-0.4, -0.2) is 34.6 Å². The van der Waals surface area contributed by atoms with E-state index in [0.29, 0.717) is 25.1 Å². The molecule has 1 amide bonds. The maximum absolute atomic E-state index is 12.0. The minimum atomic E-state index is -0.671. The molecule has 0 aliphatic carbocycles. The molecule has 0 saturated carbocycles. The quantitative estimate of drug-likeness (QED) is 0.871. The Balaban J connectivity index is 2.08. The van der Waals surface area contributed by atoms with E-state index in [4.69, 9.17) is 0 Å². The summed E-state index contributed by atoms with van der Waals surface area (Å²) in [5.74, 6) is -0.0213. The minimum Gasteiger partial charge on any atom is -0.386 e. The highest BCUT2D eigenvalue weighted by atomic mass is 79.9. The van der Waals surface area contributed by atoms with Crippen LogP contribution in [0.4, 0.5) is 0 Å². The minimum absolute atomic E-state index is 0.0213. The largest absolute Gasteiger partial charge is 0.386 e. The first-order chi connectivity index (χ1) is 7.45. The van der Waals surface area contributed by atoms with Crippen LogP contribution >= 0.6 is 43.2 Å². The molecular formula is C10H11Br2NO2S. The van der Waals surface area contributed by atoms with E-state index in [1.165, 1.54) is 11.3 Å². The Bertz CT molecular complexity index is 426. The van der Waals surface area contributed by atoms with E-state index in [1.54, 1.807) is 11.0 Å². The molecule has 0 atom stereocenters. The number of amides is 1. The Morgan fingerprint density at radius 3 is 2.69 bits per heavy atom. The van der Waals surface area contributed by atoms with Crippen molar-refractivity contribution in [3.05, 3.63) is 19.2 Å². The molecule has 2 rings (SSSR count).